The van der Waals surface area contributed by atoms with E-state index in [2.05, 4.69) is 10.2 Å². The number of rotatable bonds is 5. The molecule has 1 N–H and O–H groups in total. The average Bonchev–Trinajstić information content (AvgIpc) is 2.92. The lowest BCUT2D eigenvalue weighted by Gasteiger charge is -2.39. The molecule has 1 atom stereocenters. The first-order chi connectivity index (χ1) is 17.8. The summed E-state index contributed by atoms with van der Waals surface area (Å²) in [5.41, 5.74) is 1.33. The molecule has 2 aromatic rings. The van der Waals surface area contributed by atoms with Crippen molar-refractivity contribution in [2.24, 2.45) is 5.92 Å². The molecule has 12 heteroatoms. The zero-order valence-corrected chi connectivity index (χ0v) is 22.1. The molecule has 198 valence electrons. The number of amides is 2. The Hall–Kier alpha value is -3.02. The number of ether oxygens (including phenoxy) is 2. The molecule has 10 nitrogen and oxygen atoms in total. The van der Waals surface area contributed by atoms with E-state index in [9.17, 15) is 18.0 Å². The Kier molecular flexibility index (Phi) is 7.19. The summed E-state index contributed by atoms with van der Waals surface area (Å²) in [5.74, 6) is 0.264. The molecule has 3 aliphatic rings. The number of hydrogen-bond acceptors (Lipinski definition) is 7. The molecule has 37 heavy (non-hydrogen) atoms. The number of nitrogens with one attached hydrogen (secondary N) is 1. The smallest absolute Gasteiger partial charge is 0.262 e. The molecule has 0 radical (unpaired) electrons. The number of piperazine rings is 1. The molecule has 2 amide bonds. The molecular formula is C25H29ClN4O6S. The Morgan fingerprint density at radius 3 is 2.65 bits per heavy atom. The standard InChI is InChI=1S/C25H29ClN4O6S/c1-35-21-7-3-2-6-20(21)28-9-11-29(12-10-28)25(32)17-5-4-8-30(15-17)37(33,34)23-14-22-19(13-18(23)26)27-24(31)16-36-22/h2-3,6-7,13-14,17H,4-5,8-12,15-16H2,1H3,(H,27,31)/t17-/m1/s1. The van der Waals surface area contributed by atoms with Crippen molar-refractivity contribution in [3.63, 3.8) is 0 Å². The predicted octanol–water partition coefficient (Wildman–Crippen LogP) is 2.43. The second kappa shape index (κ2) is 10.4. The van der Waals surface area contributed by atoms with Crippen LogP contribution in [0.3, 0.4) is 0 Å². The first-order valence-corrected chi connectivity index (χ1v) is 14.0. The Balaban J connectivity index is 1.26. The fraction of sp³-hybridized carbons (Fsp3) is 0.440. The van der Waals surface area contributed by atoms with Crippen LogP contribution in [0.4, 0.5) is 11.4 Å². The number of para-hydroxylation sites is 2. The van der Waals surface area contributed by atoms with Gasteiger partial charge in [-0.05, 0) is 31.0 Å². The summed E-state index contributed by atoms with van der Waals surface area (Å²) in [5, 5.41) is 2.61. The van der Waals surface area contributed by atoms with Crippen LogP contribution >= 0.6 is 11.6 Å². The van der Waals surface area contributed by atoms with Gasteiger partial charge in [-0.15, -0.1) is 0 Å². The van der Waals surface area contributed by atoms with Crippen LogP contribution in [0.2, 0.25) is 5.02 Å². The number of sulfonamides is 1. The first-order valence-electron chi connectivity index (χ1n) is 12.2. The third kappa shape index (κ3) is 5.07. The highest BCUT2D eigenvalue weighted by Gasteiger charge is 2.37. The van der Waals surface area contributed by atoms with E-state index in [1.165, 1.54) is 16.4 Å². The molecule has 0 unspecified atom stereocenters. The highest BCUT2D eigenvalue weighted by molar-refractivity contribution is 7.89. The Labute approximate surface area is 221 Å². The van der Waals surface area contributed by atoms with Crippen molar-refractivity contribution in [2.45, 2.75) is 17.7 Å². The molecule has 3 aliphatic heterocycles. The third-order valence-corrected chi connectivity index (χ3v) is 9.37. The molecule has 0 aliphatic carbocycles. The fourth-order valence-corrected chi connectivity index (χ4v) is 7.14. The van der Waals surface area contributed by atoms with E-state index in [-0.39, 0.29) is 40.6 Å². The maximum absolute atomic E-state index is 13.5. The number of nitrogens with zero attached hydrogens (tertiary/aromatic N) is 3. The van der Waals surface area contributed by atoms with E-state index in [0.717, 1.165) is 11.4 Å². The summed E-state index contributed by atoms with van der Waals surface area (Å²) in [6, 6.07) is 10.5. The quantitative estimate of drug-likeness (QED) is 0.611. The summed E-state index contributed by atoms with van der Waals surface area (Å²) >= 11 is 6.32. The molecular weight excluding hydrogens is 520 g/mol. The van der Waals surface area contributed by atoms with E-state index in [1.807, 2.05) is 29.2 Å². The number of hydrogen-bond donors (Lipinski definition) is 1. The van der Waals surface area contributed by atoms with Gasteiger partial charge in [-0.3, -0.25) is 9.59 Å². The van der Waals surface area contributed by atoms with Gasteiger partial charge >= 0.3 is 0 Å². The van der Waals surface area contributed by atoms with Gasteiger partial charge in [0, 0.05) is 45.3 Å². The van der Waals surface area contributed by atoms with Crippen LogP contribution in [0, 0.1) is 5.92 Å². The van der Waals surface area contributed by atoms with Crippen molar-refractivity contribution in [1.29, 1.82) is 0 Å². The number of halogens is 1. The SMILES string of the molecule is COc1ccccc1N1CCN(C(=O)[C@@H]2CCCN(S(=O)(=O)c3cc4c(cc3Cl)NC(=O)CO4)C2)CC1. The van der Waals surface area contributed by atoms with Gasteiger partial charge in [0.15, 0.2) is 6.61 Å². The molecule has 3 heterocycles. The Morgan fingerprint density at radius 1 is 1.14 bits per heavy atom. The number of anilines is 2. The van der Waals surface area contributed by atoms with Gasteiger partial charge < -0.3 is 24.6 Å². The number of carbonyl (C=O) groups is 2. The number of benzene rings is 2. The highest BCUT2D eigenvalue weighted by Crippen LogP contribution is 2.38. The normalized spacial score (nSPS) is 20.6. The van der Waals surface area contributed by atoms with E-state index in [1.54, 1.807) is 7.11 Å². The monoisotopic (exact) mass is 548 g/mol. The van der Waals surface area contributed by atoms with E-state index in [4.69, 9.17) is 21.1 Å². The molecule has 0 bridgehead atoms. The molecule has 0 spiro atoms. The molecule has 2 aromatic carbocycles. The van der Waals surface area contributed by atoms with Crippen LogP contribution in [0.25, 0.3) is 0 Å². The van der Waals surface area contributed by atoms with Crippen LogP contribution in [-0.4, -0.2) is 82.4 Å². The van der Waals surface area contributed by atoms with Crippen molar-refractivity contribution in [2.75, 3.05) is 63.2 Å². The van der Waals surface area contributed by atoms with Crippen molar-refractivity contribution in [3.8, 4) is 11.5 Å². The minimum Gasteiger partial charge on any atom is -0.495 e. The number of methoxy groups -OCH3 is 1. The topological polar surface area (TPSA) is 108 Å². The van der Waals surface area contributed by atoms with Crippen molar-refractivity contribution >= 4 is 44.8 Å². The lowest BCUT2D eigenvalue weighted by Crippen LogP contribution is -2.53. The summed E-state index contributed by atoms with van der Waals surface area (Å²) in [6.45, 7) is 2.65. The third-order valence-electron chi connectivity index (χ3n) is 7.04. The minimum absolute atomic E-state index is 0.00883. The summed E-state index contributed by atoms with van der Waals surface area (Å²) in [7, 11) is -2.33. The Morgan fingerprint density at radius 2 is 1.89 bits per heavy atom. The minimum atomic E-state index is -3.97. The predicted molar refractivity (Wildman–Crippen MR) is 139 cm³/mol. The van der Waals surface area contributed by atoms with Crippen LogP contribution in [-0.2, 0) is 19.6 Å². The van der Waals surface area contributed by atoms with Crippen LogP contribution in [0.1, 0.15) is 12.8 Å². The zero-order chi connectivity index (χ0) is 26.2. The summed E-state index contributed by atoms with van der Waals surface area (Å²) in [4.78, 5) is 28.9. The molecule has 2 saturated heterocycles. The van der Waals surface area contributed by atoms with Crippen molar-refractivity contribution < 1.29 is 27.5 Å². The number of carbonyl (C=O) groups excluding carboxylic acids is 2. The fourth-order valence-electron chi connectivity index (χ4n) is 5.10. The summed E-state index contributed by atoms with van der Waals surface area (Å²) < 4.78 is 39.2. The zero-order valence-electron chi connectivity index (χ0n) is 20.5. The first kappa shape index (κ1) is 25.6. The largest absolute Gasteiger partial charge is 0.495 e. The average molecular weight is 549 g/mol. The van der Waals surface area contributed by atoms with Gasteiger partial charge in [-0.25, -0.2) is 8.42 Å². The van der Waals surface area contributed by atoms with Gasteiger partial charge in [0.2, 0.25) is 15.9 Å². The van der Waals surface area contributed by atoms with Gasteiger partial charge in [0.25, 0.3) is 5.91 Å². The van der Waals surface area contributed by atoms with Crippen molar-refractivity contribution in [3.05, 3.63) is 41.4 Å². The highest BCUT2D eigenvalue weighted by atomic mass is 35.5. The van der Waals surface area contributed by atoms with Crippen molar-refractivity contribution in [1.82, 2.24) is 9.21 Å². The lowest BCUT2D eigenvalue weighted by molar-refractivity contribution is -0.137. The molecule has 0 saturated carbocycles. The second-order valence-electron chi connectivity index (χ2n) is 9.30. The van der Waals surface area contributed by atoms with Gasteiger partial charge in [0.05, 0.1) is 29.4 Å². The van der Waals surface area contributed by atoms with E-state index in [0.29, 0.717) is 51.3 Å². The number of fused-ring (bicyclic) bond motifs is 1. The summed E-state index contributed by atoms with van der Waals surface area (Å²) in [6.07, 6.45) is 1.20. The number of piperidine rings is 1. The molecule has 5 rings (SSSR count). The van der Waals surface area contributed by atoms with E-state index < -0.39 is 15.9 Å². The maximum atomic E-state index is 13.5. The second-order valence-corrected chi connectivity index (χ2v) is 11.6. The Bertz CT molecular complexity index is 1310. The van der Waals surface area contributed by atoms with Gasteiger partial charge in [-0.2, -0.15) is 4.31 Å². The molecule has 2 fully saturated rings. The lowest BCUT2D eigenvalue weighted by atomic mass is 9.97. The maximum Gasteiger partial charge on any atom is 0.262 e. The van der Waals surface area contributed by atoms with Crippen LogP contribution in [0.5, 0.6) is 11.5 Å². The van der Waals surface area contributed by atoms with E-state index >= 15 is 0 Å². The molecule has 0 aromatic heterocycles. The van der Waals surface area contributed by atoms with Crippen LogP contribution in [0.15, 0.2) is 41.3 Å². The van der Waals surface area contributed by atoms with Crippen LogP contribution < -0.4 is 19.7 Å². The van der Waals surface area contributed by atoms with Gasteiger partial charge in [0.1, 0.15) is 16.4 Å². The van der Waals surface area contributed by atoms with Gasteiger partial charge in [-0.1, -0.05) is 23.7 Å².